The minimum absolute atomic E-state index is 0.0926. The number of aliphatic imine (C=N–C) groups is 1. The zero-order valence-corrected chi connectivity index (χ0v) is 26.8. The summed E-state index contributed by atoms with van der Waals surface area (Å²) in [6.45, 7) is 1.76. The van der Waals surface area contributed by atoms with E-state index in [0.717, 1.165) is 18.1 Å². The van der Waals surface area contributed by atoms with Gasteiger partial charge < -0.3 is 49.7 Å². The van der Waals surface area contributed by atoms with E-state index in [1.807, 2.05) is 60.7 Å². The third kappa shape index (κ3) is 17.9. The van der Waals surface area contributed by atoms with E-state index >= 15 is 0 Å². The topological polar surface area (TPSA) is 284 Å². The van der Waals surface area contributed by atoms with E-state index in [9.17, 15) is 19.2 Å². The molecule has 15 nitrogen and oxygen atoms in total. The molecule has 0 bridgehead atoms. The monoisotopic (exact) mass is 655 g/mol. The van der Waals surface area contributed by atoms with E-state index in [-0.39, 0.29) is 31.8 Å². The van der Waals surface area contributed by atoms with Crippen molar-refractivity contribution < 1.29 is 29.1 Å². The first-order valence-electron chi connectivity index (χ1n) is 15.3. The minimum Gasteiger partial charge on any atom is -0.481 e. The Kier molecular flexibility index (Phi) is 19.1. The van der Waals surface area contributed by atoms with E-state index in [2.05, 4.69) is 20.9 Å². The van der Waals surface area contributed by atoms with Crippen LogP contribution in [0.5, 0.6) is 0 Å². The predicted octanol–water partition coefficient (Wildman–Crippen LogP) is -0.988. The first kappa shape index (κ1) is 40.0. The molecule has 258 valence electrons. The van der Waals surface area contributed by atoms with Crippen LogP contribution in [-0.4, -0.2) is 77.9 Å². The molecule has 0 saturated carbocycles. The van der Waals surface area contributed by atoms with Crippen LogP contribution in [0.2, 0.25) is 0 Å². The molecule has 0 aliphatic carbocycles. The van der Waals surface area contributed by atoms with Crippen molar-refractivity contribution in [1.29, 1.82) is 0 Å². The van der Waals surface area contributed by atoms with E-state index in [4.69, 9.17) is 38.6 Å². The number of guanidine groups is 1. The summed E-state index contributed by atoms with van der Waals surface area (Å²) in [6, 6.07) is 14.4. The summed E-state index contributed by atoms with van der Waals surface area (Å²) in [5, 5.41) is 15.6. The van der Waals surface area contributed by atoms with Crippen LogP contribution in [0.15, 0.2) is 65.7 Å². The van der Waals surface area contributed by atoms with E-state index in [1.165, 1.54) is 0 Å². The second-order valence-electron chi connectivity index (χ2n) is 10.8. The number of amides is 4. The lowest BCUT2D eigenvalue weighted by atomic mass is 10.0. The van der Waals surface area contributed by atoms with Crippen molar-refractivity contribution >= 4 is 35.6 Å². The SMILES string of the molecule is CC(=O)O.NCCCC[C@H](NC(=O)[C@H](Cc1ccccc1)NC(=O)[C@@H](CCCN=C(N)N)NC(=O)[C@@H](N)Cc1ccccc1)C(N)=O. The Hall–Kier alpha value is -5.02. The molecule has 2 rings (SSSR count). The molecule has 0 aliphatic heterocycles. The smallest absolute Gasteiger partial charge is 0.300 e. The molecule has 15 heteroatoms. The molecule has 14 N–H and O–H groups in total. The Labute approximate surface area is 275 Å². The lowest BCUT2D eigenvalue weighted by Crippen LogP contribution is -2.58. The van der Waals surface area contributed by atoms with Crippen LogP contribution in [-0.2, 0) is 36.8 Å². The lowest BCUT2D eigenvalue weighted by molar-refractivity contribution is -0.134. The van der Waals surface area contributed by atoms with Crippen molar-refractivity contribution in [2.45, 2.75) is 76.0 Å². The number of primary amides is 1. The van der Waals surface area contributed by atoms with Crippen molar-refractivity contribution in [3.05, 3.63) is 71.8 Å². The zero-order chi connectivity index (χ0) is 35.2. The summed E-state index contributed by atoms with van der Waals surface area (Å²) in [4.78, 5) is 65.0. The fraction of sp³-hybridized carbons (Fsp3) is 0.438. The van der Waals surface area contributed by atoms with E-state index in [0.29, 0.717) is 32.2 Å². The predicted molar refractivity (Wildman–Crippen MR) is 179 cm³/mol. The number of carboxylic acids is 1. The molecule has 2 aromatic carbocycles. The summed E-state index contributed by atoms with van der Waals surface area (Å²) < 4.78 is 0. The summed E-state index contributed by atoms with van der Waals surface area (Å²) in [5.74, 6) is -3.32. The van der Waals surface area contributed by atoms with Gasteiger partial charge in [0, 0.05) is 19.9 Å². The molecule has 0 radical (unpaired) electrons. The summed E-state index contributed by atoms with van der Waals surface area (Å²) in [6.07, 6.45) is 2.51. The van der Waals surface area contributed by atoms with Crippen molar-refractivity contribution in [3.63, 3.8) is 0 Å². The highest BCUT2D eigenvalue weighted by Gasteiger charge is 2.30. The van der Waals surface area contributed by atoms with Crippen LogP contribution in [0.1, 0.15) is 50.2 Å². The number of aliphatic carboxylic acids is 1. The standard InChI is InChI=1S/C30H45N9O4.C2H4O2/c31-16-8-7-14-23(26(33)40)37-29(43)25(19-21-12-5-2-6-13-21)39-28(42)24(15-9-17-36-30(34)35)38-27(41)22(32)18-20-10-3-1-4-11-20;1-2(3)4/h1-6,10-13,22-25H,7-9,14-19,31-32H2,(H2,33,40)(H,37,43)(H,38,41)(H,39,42)(H4,34,35,36);1H3,(H,3,4)/t22-,23-,24+,25-;/m0./s1. The van der Waals surface area contributed by atoms with Gasteiger partial charge in [-0.2, -0.15) is 0 Å². The van der Waals surface area contributed by atoms with Gasteiger partial charge >= 0.3 is 0 Å². The number of rotatable bonds is 19. The van der Waals surface area contributed by atoms with Crippen LogP contribution >= 0.6 is 0 Å². The Morgan fingerprint density at radius 2 is 1.17 bits per heavy atom. The van der Waals surface area contributed by atoms with E-state index in [1.54, 1.807) is 0 Å². The zero-order valence-electron chi connectivity index (χ0n) is 26.8. The van der Waals surface area contributed by atoms with Crippen LogP contribution in [0.25, 0.3) is 0 Å². The minimum atomic E-state index is -1.07. The molecule has 47 heavy (non-hydrogen) atoms. The Balaban J connectivity index is 0.00000260. The molecule has 0 heterocycles. The number of nitrogens with zero attached hydrogens (tertiary/aromatic N) is 1. The van der Waals surface area contributed by atoms with Gasteiger partial charge in [-0.15, -0.1) is 0 Å². The third-order valence-corrected chi connectivity index (χ3v) is 6.74. The quantitative estimate of drug-likeness (QED) is 0.0506. The Morgan fingerprint density at radius 3 is 1.68 bits per heavy atom. The molecule has 0 fully saturated rings. The van der Waals surface area contributed by atoms with Gasteiger partial charge in [-0.25, -0.2) is 0 Å². The first-order valence-corrected chi connectivity index (χ1v) is 15.3. The number of hydrogen-bond donors (Lipinski definition) is 9. The molecule has 0 unspecified atom stereocenters. The average molecular weight is 656 g/mol. The number of hydrogen-bond acceptors (Lipinski definition) is 8. The molecule has 0 aliphatic rings. The highest BCUT2D eigenvalue weighted by atomic mass is 16.4. The number of carbonyl (C=O) groups excluding carboxylic acids is 4. The van der Waals surface area contributed by atoms with Crippen LogP contribution in [0.4, 0.5) is 0 Å². The molecule has 0 spiro atoms. The van der Waals surface area contributed by atoms with Crippen LogP contribution in [0.3, 0.4) is 0 Å². The molecular weight excluding hydrogens is 606 g/mol. The van der Waals surface area contributed by atoms with Gasteiger partial charge in [0.15, 0.2) is 5.96 Å². The van der Waals surface area contributed by atoms with Crippen molar-refractivity contribution in [2.24, 2.45) is 33.7 Å². The van der Waals surface area contributed by atoms with Gasteiger partial charge in [-0.1, -0.05) is 60.7 Å². The molecule has 2 aromatic rings. The first-order chi connectivity index (χ1) is 22.3. The third-order valence-electron chi connectivity index (χ3n) is 6.74. The maximum absolute atomic E-state index is 13.6. The summed E-state index contributed by atoms with van der Waals surface area (Å²) in [5.41, 5.74) is 29.7. The van der Waals surface area contributed by atoms with Crippen LogP contribution in [0, 0.1) is 0 Å². The van der Waals surface area contributed by atoms with Crippen molar-refractivity contribution in [3.8, 4) is 0 Å². The molecule has 0 aromatic heterocycles. The number of carboxylic acid groups (broad SMARTS) is 1. The highest BCUT2D eigenvalue weighted by molar-refractivity contribution is 5.94. The molecule has 0 saturated heterocycles. The van der Waals surface area contributed by atoms with E-state index < -0.39 is 53.8 Å². The van der Waals surface area contributed by atoms with Gasteiger partial charge in [-0.05, 0) is 56.2 Å². The average Bonchev–Trinajstić information content (AvgIpc) is 3.02. The maximum atomic E-state index is 13.6. The number of nitrogens with one attached hydrogen (secondary N) is 3. The summed E-state index contributed by atoms with van der Waals surface area (Å²) in [7, 11) is 0. The van der Waals surface area contributed by atoms with Crippen molar-refractivity contribution in [1.82, 2.24) is 16.0 Å². The number of nitrogens with two attached hydrogens (primary N) is 5. The molecule has 4 atom stereocenters. The second kappa shape index (κ2) is 22.5. The summed E-state index contributed by atoms with van der Waals surface area (Å²) >= 11 is 0. The van der Waals surface area contributed by atoms with Gasteiger partial charge in [0.1, 0.15) is 18.1 Å². The Bertz CT molecular complexity index is 1290. The highest BCUT2D eigenvalue weighted by Crippen LogP contribution is 2.09. The van der Waals surface area contributed by atoms with Crippen LogP contribution < -0.4 is 44.6 Å². The van der Waals surface area contributed by atoms with Crippen molar-refractivity contribution in [2.75, 3.05) is 13.1 Å². The normalized spacial score (nSPS) is 12.9. The maximum Gasteiger partial charge on any atom is 0.300 e. The largest absolute Gasteiger partial charge is 0.481 e. The Morgan fingerprint density at radius 1 is 0.702 bits per heavy atom. The molecule has 4 amide bonds. The number of unbranched alkanes of at least 4 members (excludes halogenated alkanes) is 1. The lowest BCUT2D eigenvalue weighted by Gasteiger charge is -2.25. The van der Waals surface area contributed by atoms with Gasteiger partial charge in [-0.3, -0.25) is 29.0 Å². The van der Waals surface area contributed by atoms with Gasteiger partial charge in [0.2, 0.25) is 23.6 Å². The number of benzene rings is 2. The fourth-order valence-electron chi connectivity index (χ4n) is 4.39. The van der Waals surface area contributed by atoms with Gasteiger partial charge in [0.05, 0.1) is 6.04 Å². The fourth-order valence-corrected chi connectivity index (χ4v) is 4.39. The molecular formula is C32H49N9O6. The number of carbonyl (C=O) groups is 5. The second-order valence-corrected chi connectivity index (χ2v) is 10.8. The van der Waals surface area contributed by atoms with Gasteiger partial charge in [0.25, 0.3) is 5.97 Å².